The van der Waals surface area contributed by atoms with Gasteiger partial charge in [-0.1, -0.05) is 18.2 Å². The van der Waals surface area contributed by atoms with Crippen molar-refractivity contribution in [2.45, 2.75) is 38.8 Å². The molecule has 2 heterocycles. The molecule has 2 fully saturated rings. The third kappa shape index (κ3) is 6.75. The number of para-hydroxylation sites is 1. The monoisotopic (exact) mass is 521 g/mol. The minimum absolute atomic E-state index is 0. The number of benzene rings is 1. The molecule has 1 atom stereocenters. The molecule has 0 bridgehead atoms. The number of hydrogen-bond acceptors (Lipinski definition) is 4. The van der Waals surface area contributed by atoms with Gasteiger partial charge >= 0.3 is 0 Å². The third-order valence-electron chi connectivity index (χ3n) is 5.38. The lowest BCUT2D eigenvalue weighted by Gasteiger charge is -2.20. The molecule has 162 valence electrons. The predicted octanol–water partition coefficient (Wildman–Crippen LogP) is 3.82. The smallest absolute Gasteiger partial charge is 0.213 e. The first kappa shape index (κ1) is 22.7. The summed E-state index contributed by atoms with van der Waals surface area (Å²) in [6.45, 7) is 6.37. The molecule has 0 amide bonds. The number of nitrogens with one attached hydrogen (secondary N) is 2. The van der Waals surface area contributed by atoms with E-state index < -0.39 is 0 Å². The number of aromatic nitrogens is 1. The van der Waals surface area contributed by atoms with Crippen LogP contribution in [0.25, 0.3) is 0 Å². The molecular weight excluding hydrogens is 489 g/mol. The molecule has 2 N–H and O–H groups in total. The Labute approximate surface area is 196 Å². The molecule has 0 radical (unpaired) electrons. The highest BCUT2D eigenvalue weighted by Gasteiger charge is 2.23. The van der Waals surface area contributed by atoms with Gasteiger partial charge in [0.2, 0.25) is 5.88 Å². The Morgan fingerprint density at radius 3 is 2.80 bits per heavy atom. The van der Waals surface area contributed by atoms with Crippen LogP contribution in [0, 0.1) is 5.92 Å². The molecule has 1 aliphatic heterocycles. The summed E-state index contributed by atoms with van der Waals surface area (Å²) in [6, 6.07) is 15.0. The molecule has 1 aliphatic carbocycles. The Bertz CT molecular complexity index is 812. The fourth-order valence-corrected chi connectivity index (χ4v) is 3.55. The molecule has 30 heavy (non-hydrogen) atoms. The number of anilines is 1. The summed E-state index contributed by atoms with van der Waals surface area (Å²) in [6.07, 6.45) is 5.48. The highest BCUT2D eigenvalue weighted by atomic mass is 127. The van der Waals surface area contributed by atoms with Crippen LogP contribution in [0.15, 0.2) is 53.7 Å². The first-order valence-electron chi connectivity index (χ1n) is 10.7. The van der Waals surface area contributed by atoms with Crippen molar-refractivity contribution in [1.82, 2.24) is 15.6 Å². The van der Waals surface area contributed by atoms with E-state index in [-0.39, 0.29) is 24.0 Å². The Kier molecular flexibility index (Phi) is 8.60. The van der Waals surface area contributed by atoms with Gasteiger partial charge in [0.1, 0.15) is 0 Å². The molecule has 1 saturated carbocycles. The molecular formula is C23H32IN5O. The summed E-state index contributed by atoms with van der Waals surface area (Å²) in [5.41, 5.74) is 2.40. The quantitative estimate of drug-likeness (QED) is 0.314. The number of hydrogen-bond donors (Lipinski definition) is 2. The van der Waals surface area contributed by atoms with Gasteiger partial charge in [-0.25, -0.2) is 9.98 Å². The Hall–Kier alpha value is -2.03. The third-order valence-corrected chi connectivity index (χ3v) is 5.38. The van der Waals surface area contributed by atoms with Crippen molar-refractivity contribution in [2.24, 2.45) is 10.9 Å². The first-order valence-corrected chi connectivity index (χ1v) is 10.7. The van der Waals surface area contributed by atoms with E-state index in [0.29, 0.717) is 18.5 Å². The lowest BCUT2D eigenvalue weighted by molar-refractivity contribution is 0.288. The molecule has 1 saturated heterocycles. The van der Waals surface area contributed by atoms with E-state index in [9.17, 15) is 0 Å². The van der Waals surface area contributed by atoms with Crippen LogP contribution in [-0.2, 0) is 6.54 Å². The van der Waals surface area contributed by atoms with Crippen LogP contribution >= 0.6 is 24.0 Å². The van der Waals surface area contributed by atoms with E-state index in [1.165, 1.54) is 18.5 Å². The van der Waals surface area contributed by atoms with Crippen LogP contribution in [0.4, 0.5) is 5.69 Å². The topological polar surface area (TPSA) is 61.8 Å². The van der Waals surface area contributed by atoms with E-state index in [1.54, 1.807) is 0 Å². The average molecular weight is 521 g/mol. The summed E-state index contributed by atoms with van der Waals surface area (Å²) in [5, 5.41) is 6.97. The van der Waals surface area contributed by atoms with E-state index in [0.717, 1.165) is 50.1 Å². The van der Waals surface area contributed by atoms with Gasteiger partial charge in [0.05, 0.1) is 13.2 Å². The number of halogens is 1. The molecule has 2 aromatic rings. The van der Waals surface area contributed by atoms with Gasteiger partial charge in [-0.15, -0.1) is 24.0 Å². The van der Waals surface area contributed by atoms with Crippen LogP contribution < -0.4 is 20.3 Å². The predicted molar refractivity (Wildman–Crippen MR) is 133 cm³/mol. The largest absolute Gasteiger partial charge is 0.477 e. The SMILES string of the molecule is CCNC(=NCc1ccnc(OCC2CC2)c1)NC1CCN(c2ccccc2)C1.I. The second-order valence-corrected chi connectivity index (χ2v) is 7.86. The second-order valence-electron chi connectivity index (χ2n) is 7.86. The lowest BCUT2D eigenvalue weighted by Crippen LogP contribution is -2.44. The standard InChI is InChI=1S/C23H31N5O.HI/c1-2-24-23(27-20-11-13-28(16-20)21-6-4-3-5-7-21)26-15-19-10-12-25-22(14-19)29-17-18-8-9-18;/h3-7,10,12,14,18,20H,2,8-9,11,13,15-17H2,1H3,(H2,24,26,27);1H. The average Bonchev–Trinajstić information content (AvgIpc) is 3.48. The zero-order chi connectivity index (χ0) is 19.9. The van der Waals surface area contributed by atoms with Gasteiger partial charge < -0.3 is 20.3 Å². The van der Waals surface area contributed by atoms with Crippen molar-refractivity contribution >= 4 is 35.6 Å². The molecule has 2 aliphatic rings. The van der Waals surface area contributed by atoms with E-state index in [2.05, 4.69) is 57.8 Å². The number of rotatable bonds is 8. The zero-order valence-corrected chi connectivity index (χ0v) is 19.9. The fraction of sp³-hybridized carbons (Fsp3) is 0.478. The normalized spacial score (nSPS) is 18.6. The van der Waals surface area contributed by atoms with Gasteiger partial charge in [0.25, 0.3) is 0 Å². The maximum atomic E-state index is 5.79. The Morgan fingerprint density at radius 1 is 1.20 bits per heavy atom. The summed E-state index contributed by atoms with van der Waals surface area (Å²) < 4.78 is 5.79. The van der Waals surface area contributed by atoms with E-state index in [4.69, 9.17) is 9.73 Å². The van der Waals surface area contributed by atoms with Gasteiger partial charge in [0.15, 0.2) is 5.96 Å². The van der Waals surface area contributed by atoms with Crippen LogP contribution in [0.3, 0.4) is 0 Å². The van der Waals surface area contributed by atoms with Crippen LogP contribution in [-0.4, -0.2) is 43.2 Å². The highest BCUT2D eigenvalue weighted by molar-refractivity contribution is 14.0. The Balaban J connectivity index is 0.00000256. The van der Waals surface area contributed by atoms with E-state index >= 15 is 0 Å². The Morgan fingerprint density at radius 2 is 2.03 bits per heavy atom. The number of ether oxygens (including phenoxy) is 1. The molecule has 1 aromatic carbocycles. The van der Waals surface area contributed by atoms with Crippen molar-refractivity contribution < 1.29 is 4.74 Å². The van der Waals surface area contributed by atoms with Crippen molar-refractivity contribution in [3.05, 3.63) is 54.2 Å². The maximum absolute atomic E-state index is 5.79. The number of aliphatic imine (C=N–C) groups is 1. The number of pyridine rings is 1. The summed E-state index contributed by atoms with van der Waals surface area (Å²) in [7, 11) is 0. The minimum Gasteiger partial charge on any atom is -0.477 e. The molecule has 4 rings (SSSR count). The highest BCUT2D eigenvalue weighted by Crippen LogP contribution is 2.29. The molecule has 1 unspecified atom stereocenters. The summed E-state index contributed by atoms with van der Waals surface area (Å²) >= 11 is 0. The second kappa shape index (κ2) is 11.4. The van der Waals surface area contributed by atoms with Crippen molar-refractivity contribution in [3.8, 4) is 5.88 Å². The van der Waals surface area contributed by atoms with E-state index in [1.807, 2.05) is 18.3 Å². The molecule has 6 nitrogen and oxygen atoms in total. The van der Waals surface area contributed by atoms with Gasteiger partial charge in [-0.2, -0.15) is 0 Å². The van der Waals surface area contributed by atoms with Gasteiger partial charge in [-0.05, 0) is 55.9 Å². The van der Waals surface area contributed by atoms with Crippen molar-refractivity contribution in [2.75, 3.05) is 31.1 Å². The summed E-state index contributed by atoms with van der Waals surface area (Å²) in [4.78, 5) is 11.5. The fourth-order valence-electron chi connectivity index (χ4n) is 3.55. The molecule has 0 spiro atoms. The van der Waals surface area contributed by atoms with Crippen LogP contribution in [0.2, 0.25) is 0 Å². The maximum Gasteiger partial charge on any atom is 0.213 e. The number of guanidine groups is 1. The lowest BCUT2D eigenvalue weighted by atomic mass is 10.2. The molecule has 7 heteroatoms. The zero-order valence-electron chi connectivity index (χ0n) is 17.6. The number of nitrogens with zero attached hydrogens (tertiary/aromatic N) is 3. The molecule has 1 aromatic heterocycles. The van der Waals surface area contributed by atoms with Crippen molar-refractivity contribution in [3.63, 3.8) is 0 Å². The van der Waals surface area contributed by atoms with Crippen molar-refractivity contribution in [1.29, 1.82) is 0 Å². The van der Waals surface area contributed by atoms with Gasteiger partial charge in [-0.3, -0.25) is 0 Å². The summed E-state index contributed by atoms with van der Waals surface area (Å²) in [5.74, 6) is 2.30. The van der Waals surface area contributed by atoms with Crippen LogP contribution in [0.1, 0.15) is 31.7 Å². The van der Waals surface area contributed by atoms with Crippen LogP contribution in [0.5, 0.6) is 5.88 Å². The first-order chi connectivity index (χ1) is 14.3. The minimum atomic E-state index is 0. The van der Waals surface area contributed by atoms with Gasteiger partial charge in [0, 0.05) is 43.6 Å².